The molecule has 8 heteroatoms. The number of terminal acetylenes is 2. The Hall–Kier alpha value is -1.74. The van der Waals surface area contributed by atoms with E-state index in [-0.39, 0.29) is 5.56 Å². The van der Waals surface area contributed by atoms with E-state index in [2.05, 4.69) is 26.9 Å². The number of rotatable bonds is 3. The van der Waals surface area contributed by atoms with Crippen LogP contribution in [-0.2, 0) is 0 Å². The Morgan fingerprint density at radius 3 is 2.71 bits per heavy atom. The Kier molecular flexibility index (Phi) is 5.45. The molecule has 2 heterocycles. The minimum Gasteiger partial charge on any atom is -0.267 e. The summed E-state index contributed by atoms with van der Waals surface area (Å²) in [5.74, 6) is 6.07. The van der Waals surface area contributed by atoms with E-state index in [9.17, 15) is 4.79 Å². The highest BCUT2D eigenvalue weighted by Crippen LogP contribution is 2.25. The Balaban J connectivity index is 2.37. The van der Waals surface area contributed by atoms with Gasteiger partial charge in [-0.1, -0.05) is 46.7 Å². The van der Waals surface area contributed by atoms with Crippen LogP contribution in [0.15, 0.2) is 15.9 Å². The molecular formula is C13H10N4OS3. The first-order chi connectivity index (χ1) is 10.1. The Morgan fingerprint density at radius 2 is 2.10 bits per heavy atom. The molecule has 0 aromatic carbocycles. The predicted molar refractivity (Wildman–Crippen MR) is 91.5 cm³/mol. The molecule has 0 saturated carbocycles. The summed E-state index contributed by atoms with van der Waals surface area (Å²) in [6, 6.07) is 1.43. The van der Waals surface area contributed by atoms with Crippen molar-refractivity contribution in [2.75, 3.05) is 11.5 Å². The lowest BCUT2D eigenvalue weighted by atomic mass is 10.5. The van der Waals surface area contributed by atoms with Gasteiger partial charge in [-0.3, -0.25) is 4.79 Å². The molecule has 0 N–H and O–H groups in total. The fraction of sp³-hybridized carbons (Fsp3) is 0.231. The van der Waals surface area contributed by atoms with E-state index >= 15 is 0 Å². The van der Waals surface area contributed by atoms with Crippen LogP contribution in [0.4, 0.5) is 5.13 Å². The molecule has 0 amide bonds. The van der Waals surface area contributed by atoms with Crippen LogP contribution >= 0.6 is 34.9 Å². The lowest BCUT2D eigenvalue weighted by Crippen LogP contribution is -2.13. The monoisotopic (exact) mass is 334 g/mol. The number of hydrogen-bond acceptors (Lipinski definition) is 7. The standard InChI is InChI=1S/C13H10N4OS3/c1-4-6-19-13(20-7-5-2)15-11-16-17-10(18)8-9(3)14-12(17)21-11/h1-2,8H,6-7H2,3H3. The lowest BCUT2D eigenvalue weighted by molar-refractivity contribution is 0.890. The van der Waals surface area contributed by atoms with Crippen LogP contribution in [-0.4, -0.2) is 30.5 Å². The SMILES string of the molecule is C#CCSC(=Nc1nn2c(=O)cc(C)nc2s1)SCC#C. The van der Waals surface area contributed by atoms with E-state index in [4.69, 9.17) is 12.8 Å². The van der Waals surface area contributed by atoms with Crippen molar-refractivity contribution in [3.8, 4) is 24.7 Å². The molecule has 0 saturated heterocycles. The first-order valence-electron chi connectivity index (χ1n) is 5.73. The molecule has 106 valence electrons. The molecule has 0 aliphatic rings. The van der Waals surface area contributed by atoms with E-state index in [1.54, 1.807) is 6.92 Å². The highest BCUT2D eigenvalue weighted by molar-refractivity contribution is 8.39. The molecule has 0 atom stereocenters. The predicted octanol–water partition coefficient (Wildman–Crippen LogP) is 2.18. The third kappa shape index (κ3) is 4.11. The smallest absolute Gasteiger partial charge is 0.267 e. The zero-order valence-electron chi connectivity index (χ0n) is 11.1. The summed E-state index contributed by atoms with van der Waals surface area (Å²) >= 11 is 4.07. The number of hydrogen-bond donors (Lipinski definition) is 0. The van der Waals surface area contributed by atoms with Gasteiger partial charge in [-0.25, -0.2) is 9.98 Å². The van der Waals surface area contributed by atoms with E-state index in [0.29, 0.717) is 27.3 Å². The van der Waals surface area contributed by atoms with Gasteiger partial charge in [-0.15, -0.1) is 17.9 Å². The highest BCUT2D eigenvalue weighted by Gasteiger charge is 2.08. The molecule has 0 aliphatic carbocycles. The summed E-state index contributed by atoms with van der Waals surface area (Å²) in [6.07, 6.45) is 10.5. The van der Waals surface area contributed by atoms with E-state index in [0.717, 1.165) is 4.38 Å². The molecule has 2 aromatic heterocycles. The second-order valence-electron chi connectivity index (χ2n) is 3.68. The van der Waals surface area contributed by atoms with Gasteiger partial charge in [-0.2, -0.15) is 4.52 Å². The van der Waals surface area contributed by atoms with Crippen molar-refractivity contribution in [2.24, 2.45) is 4.99 Å². The molecule has 0 spiro atoms. The van der Waals surface area contributed by atoms with Crippen molar-refractivity contribution in [2.45, 2.75) is 6.92 Å². The number of thioether (sulfide) groups is 2. The van der Waals surface area contributed by atoms with Gasteiger partial charge in [0.2, 0.25) is 10.1 Å². The van der Waals surface area contributed by atoms with E-state index in [1.165, 1.54) is 45.4 Å². The zero-order chi connectivity index (χ0) is 15.2. The van der Waals surface area contributed by atoms with Gasteiger partial charge in [0.05, 0.1) is 11.5 Å². The van der Waals surface area contributed by atoms with Gasteiger partial charge in [0.1, 0.15) is 4.38 Å². The van der Waals surface area contributed by atoms with Gasteiger partial charge < -0.3 is 0 Å². The van der Waals surface area contributed by atoms with Gasteiger partial charge in [-0.05, 0) is 6.92 Å². The van der Waals surface area contributed by atoms with Crippen molar-refractivity contribution in [1.29, 1.82) is 0 Å². The third-order valence-corrected chi connectivity index (χ3v) is 4.92. The average Bonchev–Trinajstić information content (AvgIpc) is 2.84. The Morgan fingerprint density at radius 1 is 1.43 bits per heavy atom. The summed E-state index contributed by atoms with van der Waals surface area (Å²) in [5.41, 5.74) is 0.437. The van der Waals surface area contributed by atoms with Gasteiger partial charge >= 0.3 is 0 Å². The van der Waals surface area contributed by atoms with Crippen molar-refractivity contribution in [3.63, 3.8) is 0 Å². The van der Waals surface area contributed by atoms with Crippen LogP contribution in [0.5, 0.6) is 0 Å². The van der Waals surface area contributed by atoms with Crippen molar-refractivity contribution < 1.29 is 0 Å². The average molecular weight is 334 g/mol. The molecule has 21 heavy (non-hydrogen) atoms. The fourth-order valence-electron chi connectivity index (χ4n) is 1.35. The second kappa shape index (κ2) is 7.32. The maximum atomic E-state index is 11.8. The molecule has 5 nitrogen and oxygen atoms in total. The molecule has 0 fully saturated rings. The van der Waals surface area contributed by atoms with Gasteiger partial charge in [0.25, 0.3) is 5.56 Å². The highest BCUT2D eigenvalue weighted by atomic mass is 32.2. The zero-order valence-corrected chi connectivity index (χ0v) is 13.5. The van der Waals surface area contributed by atoms with Crippen molar-refractivity contribution >= 4 is 49.3 Å². The quantitative estimate of drug-likeness (QED) is 0.489. The normalized spacial score (nSPS) is 10.0. The fourth-order valence-corrected chi connectivity index (χ4v) is 3.69. The summed E-state index contributed by atoms with van der Waals surface area (Å²) in [7, 11) is 0. The minimum absolute atomic E-state index is 0.218. The summed E-state index contributed by atoms with van der Waals surface area (Å²) in [6.45, 7) is 1.76. The summed E-state index contributed by atoms with van der Waals surface area (Å²) < 4.78 is 1.97. The number of aliphatic imine (C=N–C) groups is 1. The molecule has 0 unspecified atom stereocenters. The first kappa shape index (κ1) is 15.6. The van der Waals surface area contributed by atoms with Crippen molar-refractivity contribution in [3.05, 3.63) is 22.1 Å². The number of aryl methyl sites for hydroxylation is 1. The summed E-state index contributed by atoms with van der Waals surface area (Å²) in [5, 5.41) is 4.61. The number of aromatic nitrogens is 3. The van der Waals surface area contributed by atoms with Crippen LogP contribution in [0.25, 0.3) is 4.96 Å². The van der Waals surface area contributed by atoms with E-state index < -0.39 is 0 Å². The first-order valence-corrected chi connectivity index (χ1v) is 8.51. The molecule has 0 aliphatic heterocycles. The molecular weight excluding hydrogens is 324 g/mol. The summed E-state index contributed by atoms with van der Waals surface area (Å²) in [4.78, 5) is 21.0. The number of fused-ring (bicyclic) bond motifs is 1. The Bertz CT molecular complexity index is 803. The van der Waals surface area contributed by atoms with Crippen LogP contribution in [0.3, 0.4) is 0 Å². The van der Waals surface area contributed by atoms with Gasteiger partial charge in [0, 0.05) is 11.8 Å². The van der Waals surface area contributed by atoms with Crippen LogP contribution in [0, 0.1) is 31.6 Å². The maximum absolute atomic E-state index is 11.8. The maximum Gasteiger partial charge on any atom is 0.275 e. The largest absolute Gasteiger partial charge is 0.275 e. The van der Waals surface area contributed by atoms with Gasteiger partial charge in [0.15, 0.2) is 0 Å². The van der Waals surface area contributed by atoms with Crippen LogP contribution in [0.1, 0.15) is 5.69 Å². The minimum atomic E-state index is -0.218. The van der Waals surface area contributed by atoms with Crippen molar-refractivity contribution in [1.82, 2.24) is 14.6 Å². The second-order valence-corrected chi connectivity index (χ2v) is 6.80. The number of nitrogens with zero attached hydrogens (tertiary/aromatic N) is 4. The topological polar surface area (TPSA) is 59.6 Å². The molecule has 0 radical (unpaired) electrons. The van der Waals surface area contributed by atoms with E-state index in [1.807, 2.05) is 0 Å². The molecule has 2 rings (SSSR count). The third-order valence-electron chi connectivity index (χ3n) is 2.11. The van der Waals surface area contributed by atoms with Crippen LogP contribution in [0.2, 0.25) is 0 Å². The lowest BCUT2D eigenvalue weighted by Gasteiger charge is -1.98. The molecule has 0 bridgehead atoms. The van der Waals surface area contributed by atoms with Crippen LogP contribution < -0.4 is 5.56 Å². The molecule has 2 aromatic rings. The Labute approximate surface area is 134 Å².